The van der Waals surface area contributed by atoms with E-state index >= 15 is 0 Å². The van der Waals surface area contributed by atoms with E-state index in [2.05, 4.69) is 15.3 Å². The summed E-state index contributed by atoms with van der Waals surface area (Å²) >= 11 is 1.06. The molecule has 1 heterocycles. The van der Waals surface area contributed by atoms with Gasteiger partial charge >= 0.3 is 12.1 Å². The number of carbonyl (C=O) groups is 2. The van der Waals surface area contributed by atoms with Gasteiger partial charge < -0.3 is 9.84 Å². The van der Waals surface area contributed by atoms with E-state index in [4.69, 9.17) is 0 Å². The van der Waals surface area contributed by atoms with Crippen LogP contribution in [0.15, 0.2) is 59.0 Å². The number of nitrogens with one attached hydrogen (secondary N) is 1. The number of carbonyl (C=O) groups excluding carboxylic acids is 2. The van der Waals surface area contributed by atoms with Crippen molar-refractivity contribution in [3.05, 3.63) is 76.2 Å². The molecule has 0 radical (unpaired) electrons. The van der Waals surface area contributed by atoms with Gasteiger partial charge in [0.05, 0.1) is 34.4 Å². The number of rotatable bonds is 5. The second-order valence-corrected chi connectivity index (χ2v) is 7.49. The maximum Gasteiger partial charge on any atom is 0.416 e. The Kier molecular flexibility index (Phi) is 6.64. The van der Waals surface area contributed by atoms with Gasteiger partial charge in [0.15, 0.2) is 0 Å². The molecule has 0 aliphatic rings. The largest absolute Gasteiger partial charge is 0.506 e. The maximum absolute atomic E-state index is 13.0. The van der Waals surface area contributed by atoms with Gasteiger partial charge in [-0.3, -0.25) is 4.79 Å². The molecule has 1 aromatic heterocycles. The molecule has 3 rings (SSSR count). The van der Waals surface area contributed by atoms with Crippen molar-refractivity contribution in [1.82, 2.24) is 5.43 Å². The summed E-state index contributed by atoms with van der Waals surface area (Å²) in [7, 11) is 1.25. The molecule has 0 spiro atoms. The normalized spacial score (nSPS) is 11.8. The minimum Gasteiger partial charge on any atom is -0.506 e. The Labute approximate surface area is 185 Å². The van der Waals surface area contributed by atoms with Crippen LogP contribution in [-0.2, 0) is 10.9 Å². The van der Waals surface area contributed by atoms with Crippen LogP contribution >= 0.6 is 11.3 Å². The van der Waals surface area contributed by atoms with Gasteiger partial charge in [0.2, 0.25) is 0 Å². The average molecular weight is 462 g/mol. The number of alkyl halides is 3. The van der Waals surface area contributed by atoms with E-state index in [0.717, 1.165) is 23.5 Å². The zero-order valence-corrected chi connectivity index (χ0v) is 17.7. The van der Waals surface area contributed by atoms with Crippen LogP contribution in [0.1, 0.15) is 38.8 Å². The van der Waals surface area contributed by atoms with E-state index in [0.29, 0.717) is 0 Å². The Hall–Kier alpha value is -3.66. The Bertz CT molecular complexity index is 1180. The number of amides is 1. The fraction of sp³-hybridized carbons (Fsp3) is 0.136. The monoisotopic (exact) mass is 462 g/mol. The Morgan fingerprint density at radius 2 is 1.75 bits per heavy atom. The third kappa shape index (κ3) is 4.97. The Morgan fingerprint density at radius 3 is 2.38 bits per heavy atom. The van der Waals surface area contributed by atoms with Crippen LogP contribution in [0, 0.1) is 0 Å². The van der Waals surface area contributed by atoms with Gasteiger partial charge in [-0.2, -0.15) is 18.3 Å². The predicted molar refractivity (Wildman–Crippen MR) is 114 cm³/mol. The summed E-state index contributed by atoms with van der Waals surface area (Å²) in [6.07, 6.45) is -4.50. The van der Waals surface area contributed by atoms with Gasteiger partial charge in [-0.25, -0.2) is 10.2 Å². The van der Waals surface area contributed by atoms with Gasteiger partial charge in [-0.1, -0.05) is 12.1 Å². The lowest BCUT2D eigenvalue weighted by Gasteiger charge is -2.08. The highest BCUT2D eigenvalue weighted by atomic mass is 32.1. The molecule has 0 saturated heterocycles. The smallest absolute Gasteiger partial charge is 0.416 e. The first kappa shape index (κ1) is 23.0. The highest BCUT2D eigenvalue weighted by Gasteiger charge is 2.31. The lowest BCUT2D eigenvalue weighted by atomic mass is 10.1. The maximum atomic E-state index is 13.0. The quantitative estimate of drug-likeness (QED) is 0.315. The summed E-state index contributed by atoms with van der Waals surface area (Å²) in [5.41, 5.74) is 2.81. The molecule has 6 nitrogen and oxygen atoms in total. The van der Waals surface area contributed by atoms with Gasteiger partial charge in [0.25, 0.3) is 5.91 Å². The zero-order valence-electron chi connectivity index (χ0n) is 16.9. The van der Waals surface area contributed by atoms with Crippen molar-refractivity contribution in [3.63, 3.8) is 0 Å². The molecule has 2 N–H and O–H groups in total. The number of ether oxygens (including phenoxy) is 1. The van der Waals surface area contributed by atoms with Crippen molar-refractivity contribution in [3.8, 4) is 16.2 Å². The lowest BCUT2D eigenvalue weighted by Crippen LogP contribution is -2.19. The molecule has 166 valence electrons. The van der Waals surface area contributed by atoms with Crippen molar-refractivity contribution < 1.29 is 32.6 Å². The molecule has 0 atom stereocenters. The van der Waals surface area contributed by atoms with Crippen LogP contribution in [0.4, 0.5) is 13.2 Å². The van der Waals surface area contributed by atoms with Crippen LogP contribution in [0.3, 0.4) is 0 Å². The highest BCUT2D eigenvalue weighted by molar-refractivity contribution is 7.14. The molecule has 3 aromatic rings. The second kappa shape index (κ2) is 9.23. The first-order valence-corrected chi connectivity index (χ1v) is 10.0. The summed E-state index contributed by atoms with van der Waals surface area (Å²) in [6, 6.07) is 10.4. The average Bonchev–Trinajstić information content (AvgIpc) is 3.17. The minimum absolute atomic E-state index is 0.219. The van der Waals surface area contributed by atoms with E-state index in [1.807, 2.05) is 0 Å². The highest BCUT2D eigenvalue weighted by Crippen LogP contribution is 2.40. The van der Waals surface area contributed by atoms with E-state index in [9.17, 15) is 27.9 Å². The summed E-state index contributed by atoms with van der Waals surface area (Å²) < 4.78 is 43.5. The summed E-state index contributed by atoms with van der Waals surface area (Å²) in [6.45, 7) is 1.54. The fourth-order valence-corrected chi connectivity index (χ4v) is 3.79. The summed E-state index contributed by atoms with van der Waals surface area (Å²) in [4.78, 5) is 24.0. The number of halogens is 3. The molecule has 2 aromatic carbocycles. The molecule has 0 bridgehead atoms. The number of esters is 1. The third-order valence-corrected chi connectivity index (χ3v) is 5.52. The van der Waals surface area contributed by atoms with Crippen molar-refractivity contribution in [2.75, 3.05) is 7.11 Å². The Balaban J connectivity index is 1.77. The fourth-order valence-electron chi connectivity index (χ4n) is 2.78. The van der Waals surface area contributed by atoms with Crippen LogP contribution in [0.2, 0.25) is 0 Å². The van der Waals surface area contributed by atoms with Gasteiger partial charge in [-0.15, -0.1) is 11.3 Å². The molecule has 0 saturated carbocycles. The second-order valence-electron chi connectivity index (χ2n) is 6.61. The van der Waals surface area contributed by atoms with Crippen LogP contribution in [0.5, 0.6) is 5.75 Å². The van der Waals surface area contributed by atoms with Gasteiger partial charge in [-0.05, 0) is 48.9 Å². The number of thiophene rings is 1. The summed E-state index contributed by atoms with van der Waals surface area (Å²) in [5.74, 6) is -1.31. The van der Waals surface area contributed by atoms with Crippen molar-refractivity contribution in [2.45, 2.75) is 13.1 Å². The van der Waals surface area contributed by atoms with Crippen molar-refractivity contribution in [1.29, 1.82) is 0 Å². The number of methoxy groups -OCH3 is 1. The van der Waals surface area contributed by atoms with Gasteiger partial charge in [0, 0.05) is 10.9 Å². The van der Waals surface area contributed by atoms with Crippen LogP contribution < -0.4 is 5.43 Å². The topological polar surface area (TPSA) is 88.0 Å². The van der Waals surface area contributed by atoms with Crippen molar-refractivity contribution in [2.24, 2.45) is 5.10 Å². The molecule has 0 aliphatic heterocycles. The first-order chi connectivity index (χ1) is 15.1. The number of aromatic hydroxyl groups is 1. The molecule has 1 amide bonds. The van der Waals surface area contributed by atoms with E-state index in [1.54, 1.807) is 12.3 Å². The lowest BCUT2D eigenvalue weighted by molar-refractivity contribution is -0.137. The molecule has 0 aliphatic carbocycles. The predicted octanol–water partition coefficient (Wildman–Crippen LogP) is 5.08. The molecule has 10 heteroatoms. The van der Waals surface area contributed by atoms with Crippen LogP contribution in [-0.4, -0.2) is 29.8 Å². The Morgan fingerprint density at radius 1 is 1.09 bits per heavy atom. The number of nitrogens with zero attached hydrogens (tertiary/aromatic N) is 1. The number of hydrogen-bond acceptors (Lipinski definition) is 6. The number of hydrogen-bond donors (Lipinski definition) is 2. The van der Waals surface area contributed by atoms with Gasteiger partial charge in [0.1, 0.15) is 5.75 Å². The molecule has 0 fully saturated rings. The van der Waals surface area contributed by atoms with Crippen molar-refractivity contribution >= 4 is 28.9 Å². The van der Waals surface area contributed by atoms with E-state index < -0.39 is 23.6 Å². The van der Waals surface area contributed by atoms with Crippen LogP contribution in [0.25, 0.3) is 10.4 Å². The number of hydrazone groups is 1. The SMILES string of the molecule is COC(=O)c1ccc(C(=O)N/N=C(\C)c2csc(-c3cccc(C(F)(F)F)c3)c2O)cc1. The molecular weight excluding hydrogens is 445 g/mol. The molecule has 0 unspecified atom stereocenters. The first-order valence-electron chi connectivity index (χ1n) is 9.13. The molecular formula is C22H17F3N2O4S. The third-order valence-electron chi connectivity index (χ3n) is 4.50. The zero-order chi connectivity index (χ0) is 23.5. The van der Waals surface area contributed by atoms with E-state index in [1.165, 1.54) is 43.5 Å². The minimum atomic E-state index is -4.50. The number of benzene rings is 2. The summed E-state index contributed by atoms with van der Waals surface area (Å²) in [5, 5.41) is 16.0. The van der Waals surface area contributed by atoms with E-state index in [-0.39, 0.29) is 38.6 Å². The standard InChI is InChI=1S/C22H17F3N2O4S/c1-12(26-27-20(29)13-6-8-14(9-7-13)21(30)31-2)17-11-32-19(18(17)28)15-4-3-5-16(10-15)22(23,24)25/h3-11,28H,1-2H3,(H,27,29)/b26-12+. The molecule has 32 heavy (non-hydrogen) atoms.